The standard InChI is InChI=1S/C19H14F4N2O2/c20-14-8-12-2-1-7-24-17(12)15(9-14)18(27)25-16(10-26)11-3-5-13(6-4-11)19(21,22)23/h1-9,16,26H,10H2,(H,25,27)/t16-/m0/s1. The second kappa shape index (κ2) is 7.32. The number of nitrogens with zero attached hydrogens (tertiary/aromatic N) is 1. The van der Waals surface area contributed by atoms with Gasteiger partial charge in [-0.25, -0.2) is 4.39 Å². The molecule has 27 heavy (non-hydrogen) atoms. The molecule has 0 unspecified atom stereocenters. The summed E-state index contributed by atoms with van der Waals surface area (Å²) in [7, 11) is 0. The van der Waals surface area contributed by atoms with Crippen molar-refractivity contribution in [1.82, 2.24) is 10.3 Å². The highest BCUT2D eigenvalue weighted by Gasteiger charge is 2.30. The fraction of sp³-hybridized carbons (Fsp3) is 0.158. The van der Waals surface area contributed by atoms with Crippen LogP contribution < -0.4 is 5.32 Å². The van der Waals surface area contributed by atoms with Crippen LogP contribution in [0.3, 0.4) is 0 Å². The molecule has 0 aliphatic carbocycles. The first-order valence-electron chi connectivity index (χ1n) is 7.93. The fourth-order valence-electron chi connectivity index (χ4n) is 2.70. The summed E-state index contributed by atoms with van der Waals surface area (Å²) in [4.78, 5) is 16.6. The largest absolute Gasteiger partial charge is 0.416 e. The zero-order chi connectivity index (χ0) is 19.6. The van der Waals surface area contributed by atoms with Gasteiger partial charge in [-0.05, 0) is 35.9 Å². The van der Waals surface area contributed by atoms with Crippen molar-refractivity contribution in [2.24, 2.45) is 0 Å². The van der Waals surface area contributed by atoms with Crippen molar-refractivity contribution < 1.29 is 27.5 Å². The lowest BCUT2D eigenvalue weighted by molar-refractivity contribution is -0.137. The highest BCUT2D eigenvalue weighted by Crippen LogP contribution is 2.30. The van der Waals surface area contributed by atoms with E-state index in [0.717, 1.165) is 18.2 Å². The number of amides is 1. The van der Waals surface area contributed by atoms with Crippen molar-refractivity contribution >= 4 is 16.8 Å². The third-order valence-electron chi connectivity index (χ3n) is 4.04. The maximum Gasteiger partial charge on any atom is 0.416 e. The van der Waals surface area contributed by atoms with E-state index in [9.17, 15) is 27.5 Å². The van der Waals surface area contributed by atoms with Gasteiger partial charge >= 0.3 is 6.18 Å². The highest BCUT2D eigenvalue weighted by molar-refractivity contribution is 6.05. The average Bonchev–Trinajstić information content (AvgIpc) is 2.64. The summed E-state index contributed by atoms with van der Waals surface area (Å²) in [6.07, 6.45) is -3.03. The molecule has 1 heterocycles. The number of aliphatic hydroxyl groups excluding tert-OH is 1. The molecular formula is C19H14F4N2O2. The first-order chi connectivity index (χ1) is 12.8. The fourth-order valence-corrected chi connectivity index (χ4v) is 2.70. The maximum atomic E-state index is 13.8. The molecule has 1 amide bonds. The molecule has 1 atom stereocenters. The van der Waals surface area contributed by atoms with E-state index >= 15 is 0 Å². The molecule has 3 rings (SSSR count). The van der Waals surface area contributed by atoms with Crippen molar-refractivity contribution in [1.29, 1.82) is 0 Å². The molecule has 1 aromatic heterocycles. The van der Waals surface area contributed by atoms with E-state index in [2.05, 4.69) is 10.3 Å². The Morgan fingerprint density at radius 2 is 1.85 bits per heavy atom. The predicted molar refractivity (Wildman–Crippen MR) is 90.4 cm³/mol. The van der Waals surface area contributed by atoms with Crippen molar-refractivity contribution in [3.63, 3.8) is 0 Å². The minimum atomic E-state index is -4.48. The van der Waals surface area contributed by atoms with E-state index in [1.165, 1.54) is 24.4 Å². The molecule has 0 spiro atoms. The minimum absolute atomic E-state index is 0.0315. The number of halogens is 4. The van der Waals surface area contributed by atoms with Gasteiger partial charge in [0.2, 0.25) is 0 Å². The number of hydrogen-bond acceptors (Lipinski definition) is 3. The van der Waals surface area contributed by atoms with Gasteiger partial charge in [0.15, 0.2) is 0 Å². The van der Waals surface area contributed by atoms with E-state index in [1.54, 1.807) is 12.1 Å². The minimum Gasteiger partial charge on any atom is -0.394 e. The molecule has 0 radical (unpaired) electrons. The van der Waals surface area contributed by atoms with E-state index < -0.39 is 36.1 Å². The van der Waals surface area contributed by atoms with Crippen LogP contribution in [0.15, 0.2) is 54.7 Å². The number of rotatable bonds is 4. The Hall–Kier alpha value is -3.00. The molecular weight excluding hydrogens is 364 g/mol. The van der Waals surface area contributed by atoms with Gasteiger partial charge in [-0.1, -0.05) is 18.2 Å². The molecule has 2 aromatic carbocycles. The summed E-state index contributed by atoms with van der Waals surface area (Å²) in [6.45, 7) is -0.544. The molecule has 0 fully saturated rings. The summed E-state index contributed by atoms with van der Waals surface area (Å²) in [6, 6.07) is 8.57. The lowest BCUT2D eigenvalue weighted by atomic mass is 10.0. The summed E-state index contributed by atoms with van der Waals surface area (Å²) < 4.78 is 51.8. The van der Waals surface area contributed by atoms with Gasteiger partial charge in [0.1, 0.15) is 5.82 Å². The first kappa shape index (κ1) is 18.8. The average molecular weight is 378 g/mol. The summed E-state index contributed by atoms with van der Waals surface area (Å²) in [5.41, 5.74) is -0.307. The second-order valence-corrected chi connectivity index (χ2v) is 5.86. The molecule has 0 aliphatic heterocycles. The molecule has 0 saturated heterocycles. The smallest absolute Gasteiger partial charge is 0.394 e. The van der Waals surface area contributed by atoms with Crippen LogP contribution in [0.25, 0.3) is 10.9 Å². The monoisotopic (exact) mass is 378 g/mol. The van der Waals surface area contributed by atoms with Gasteiger partial charge in [-0.2, -0.15) is 13.2 Å². The Balaban J connectivity index is 1.88. The van der Waals surface area contributed by atoms with Crippen LogP contribution in [0.2, 0.25) is 0 Å². The Labute approximate surface area is 151 Å². The van der Waals surface area contributed by atoms with E-state index in [4.69, 9.17) is 0 Å². The number of pyridine rings is 1. The van der Waals surface area contributed by atoms with Gasteiger partial charge in [0.05, 0.1) is 29.3 Å². The number of alkyl halides is 3. The third kappa shape index (κ3) is 4.06. The molecule has 8 heteroatoms. The van der Waals surface area contributed by atoms with Crippen LogP contribution in [-0.2, 0) is 6.18 Å². The lowest BCUT2D eigenvalue weighted by Gasteiger charge is -2.18. The van der Waals surface area contributed by atoms with Gasteiger partial charge in [-0.3, -0.25) is 9.78 Å². The zero-order valence-corrected chi connectivity index (χ0v) is 13.8. The van der Waals surface area contributed by atoms with Crippen LogP contribution in [-0.4, -0.2) is 22.6 Å². The number of hydrogen-bond donors (Lipinski definition) is 2. The maximum absolute atomic E-state index is 13.8. The summed E-state index contributed by atoms with van der Waals surface area (Å²) in [5.74, 6) is -1.33. The Bertz CT molecular complexity index is 972. The van der Waals surface area contributed by atoms with E-state index in [1.807, 2.05) is 0 Å². The molecule has 0 bridgehead atoms. The molecule has 2 N–H and O–H groups in total. The molecule has 0 aliphatic rings. The van der Waals surface area contributed by atoms with Crippen molar-refractivity contribution in [2.45, 2.75) is 12.2 Å². The van der Waals surface area contributed by atoms with Gasteiger partial charge in [-0.15, -0.1) is 0 Å². The second-order valence-electron chi connectivity index (χ2n) is 5.86. The number of benzene rings is 2. The number of aromatic nitrogens is 1. The first-order valence-corrected chi connectivity index (χ1v) is 7.93. The van der Waals surface area contributed by atoms with Crippen LogP contribution in [0, 0.1) is 5.82 Å². The SMILES string of the molecule is O=C(N[C@@H](CO)c1ccc(C(F)(F)F)cc1)c1cc(F)cc2cccnc12. The van der Waals surface area contributed by atoms with Gasteiger partial charge < -0.3 is 10.4 Å². The normalized spacial score (nSPS) is 12.8. The molecule has 0 saturated carbocycles. The van der Waals surface area contributed by atoms with Crippen molar-refractivity contribution in [2.75, 3.05) is 6.61 Å². The van der Waals surface area contributed by atoms with Gasteiger partial charge in [0, 0.05) is 11.6 Å². The Morgan fingerprint density at radius 3 is 2.48 bits per heavy atom. The zero-order valence-electron chi connectivity index (χ0n) is 13.8. The number of carbonyl (C=O) groups is 1. The van der Waals surface area contributed by atoms with Crippen LogP contribution in [0.4, 0.5) is 17.6 Å². The van der Waals surface area contributed by atoms with Crippen molar-refractivity contribution in [3.8, 4) is 0 Å². The molecule has 140 valence electrons. The third-order valence-corrected chi connectivity index (χ3v) is 4.04. The number of carbonyl (C=O) groups excluding carboxylic acids is 1. The van der Waals surface area contributed by atoms with Crippen LogP contribution in [0.5, 0.6) is 0 Å². The number of nitrogens with one attached hydrogen (secondary N) is 1. The molecule has 4 nitrogen and oxygen atoms in total. The molecule has 3 aromatic rings. The number of fused-ring (bicyclic) bond motifs is 1. The summed E-state index contributed by atoms with van der Waals surface area (Å²) in [5, 5.41) is 12.5. The van der Waals surface area contributed by atoms with Gasteiger partial charge in [0.25, 0.3) is 5.91 Å². The van der Waals surface area contributed by atoms with Crippen LogP contribution >= 0.6 is 0 Å². The Kier molecular flexibility index (Phi) is 5.09. The van der Waals surface area contributed by atoms with E-state index in [-0.39, 0.29) is 16.6 Å². The van der Waals surface area contributed by atoms with Crippen LogP contribution in [0.1, 0.15) is 27.5 Å². The Morgan fingerprint density at radius 1 is 1.15 bits per heavy atom. The van der Waals surface area contributed by atoms with Crippen molar-refractivity contribution in [3.05, 3.63) is 77.2 Å². The quantitative estimate of drug-likeness (QED) is 0.678. The predicted octanol–water partition coefficient (Wildman–Crippen LogP) is 3.86. The number of aliphatic hydroxyl groups is 1. The summed E-state index contributed by atoms with van der Waals surface area (Å²) >= 11 is 0. The lowest BCUT2D eigenvalue weighted by Crippen LogP contribution is -2.31. The topological polar surface area (TPSA) is 62.2 Å². The highest BCUT2D eigenvalue weighted by atomic mass is 19.4. The van der Waals surface area contributed by atoms with E-state index in [0.29, 0.717) is 5.39 Å².